The van der Waals surface area contributed by atoms with Crippen LogP contribution in [-0.2, 0) is 6.54 Å². The van der Waals surface area contributed by atoms with Crippen molar-refractivity contribution in [3.05, 3.63) is 35.4 Å². The van der Waals surface area contributed by atoms with Crippen LogP contribution in [-0.4, -0.2) is 5.54 Å². The Balaban J connectivity index is 1.99. The van der Waals surface area contributed by atoms with E-state index in [0.717, 1.165) is 18.9 Å². The van der Waals surface area contributed by atoms with Gasteiger partial charge in [-0.1, -0.05) is 31.4 Å². The first-order valence-electron chi connectivity index (χ1n) is 6.29. The largest absolute Gasteiger partial charge is 0.307 e. The molecule has 94 valence electrons. The number of halogens is 2. The van der Waals surface area contributed by atoms with Crippen molar-refractivity contribution in [2.75, 3.05) is 0 Å². The molecule has 0 unspecified atom stereocenters. The first-order chi connectivity index (χ1) is 8.11. The van der Waals surface area contributed by atoms with E-state index >= 15 is 0 Å². The molecule has 1 aromatic carbocycles. The molecule has 0 atom stereocenters. The van der Waals surface area contributed by atoms with Crippen LogP contribution in [0.5, 0.6) is 0 Å². The Hall–Kier alpha value is -0.960. The highest BCUT2D eigenvalue weighted by Crippen LogP contribution is 2.28. The Morgan fingerprint density at radius 3 is 2.59 bits per heavy atom. The molecule has 1 saturated carbocycles. The first kappa shape index (κ1) is 12.5. The smallest absolute Gasteiger partial charge is 0.163 e. The van der Waals surface area contributed by atoms with Crippen LogP contribution < -0.4 is 5.32 Å². The summed E-state index contributed by atoms with van der Waals surface area (Å²) in [4.78, 5) is 0. The fraction of sp³-hybridized carbons (Fsp3) is 0.571. The Kier molecular flexibility index (Phi) is 3.77. The lowest BCUT2D eigenvalue weighted by atomic mass is 9.83. The molecule has 1 aromatic rings. The average Bonchev–Trinajstić information content (AvgIpc) is 2.32. The molecule has 17 heavy (non-hydrogen) atoms. The molecule has 1 fully saturated rings. The van der Waals surface area contributed by atoms with Gasteiger partial charge in [0.2, 0.25) is 0 Å². The van der Waals surface area contributed by atoms with Crippen LogP contribution in [0.1, 0.15) is 44.6 Å². The van der Waals surface area contributed by atoms with Crippen molar-refractivity contribution < 1.29 is 8.78 Å². The van der Waals surface area contributed by atoms with Crippen molar-refractivity contribution >= 4 is 0 Å². The van der Waals surface area contributed by atoms with Crippen LogP contribution in [0.3, 0.4) is 0 Å². The minimum atomic E-state index is -0.766. The summed E-state index contributed by atoms with van der Waals surface area (Å²) in [5.74, 6) is -1.49. The van der Waals surface area contributed by atoms with E-state index in [2.05, 4.69) is 12.2 Å². The van der Waals surface area contributed by atoms with Crippen molar-refractivity contribution in [3.8, 4) is 0 Å². The standard InChI is InChI=1S/C14H19F2N/c1-14(8-3-2-4-9-14)17-10-11-6-5-7-12(15)13(11)16/h5-7,17H,2-4,8-10H2,1H3. The van der Waals surface area contributed by atoms with Crippen molar-refractivity contribution in [2.24, 2.45) is 0 Å². The van der Waals surface area contributed by atoms with Gasteiger partial charge in [-0.15, -0.1) is 0 Å². The molecule has 1 aliphatic carbocycles. The second-order valence-corrected chi connectivity index (χ2v) is 5.19. The van der Waals surface area contributed by atoms with Gasteiger partial charge in [-0.05, 0) is 25.8 Å². The van der Waals surface area contributed by atoms with E-state index in [1.54, 1.807) is 12.1 Å². The number of rotatable bonds is 3. The van der Waals surface area contributed by atoms with Crippen LogP contribution in [0.4, 0.5) is 8.78 Å². The second kappa shape index (κ2) is 5.13. The lowest BCUT2D eigenvalue weighted by Gasteiger charge is -2.34. The maximum Gasteiger partial charge on any atom is 0.163 e. The van der Waals surface area contributed by atoms with Crippen LogP contribution in [0.25, 0.3) is 0 Å². The molecule has 3 heteroatoms. The second-order valence-electron chi connectivity index (χ2n) is 5.19. The van der Waals surface area contributed by atoms with E-state index in [0.29, 0.717) is 12.1 Å². The lowest BCUT2D eigenvalue weighted by molar-refractivity contribution is 0.251. The Bertz CT molecular complexity index is 384. The summed E-state index contributed by atoms with van der Waals surface area (Å²) in [5.41, 5.74) is 0.494. The molecule has 0 spiro atoms. The Morgan fingerprint density at radius 1 is 1.18 bits per heavy atom. The average molecular weight is 239 g/mol. The minimum absolute atomic E-state index is 0.0804. The summed E-state index contributed by atoms with van der Waals surface area (Å²) < 4.78 is 26.5. The fourth-order valence-corrected chi connectivity index (χ4v) is 2.50. The van der Waals surface area contributed by atoms with Crippen molar-refractivity contribution in [2.45, 2.75) is 51.1 Å². The highest BCUT2D eigenvalue weighted by molar-refractivity contribution is 5.19. The minimum Gasteiger partial charge on any atom is -0.307 e. The van der Waals surface area contributed by atoms with E-state index in [9.17, 15) is 8.78 Å². The fourth-order valence-electron chi connectivity index (χ4n) is 2.50. The van der Waals surface area contributed by atoms with Gasteiger partial charge >= 0.3 is 0 Å². The Labute approximate surface area is 101 Å². The summed E-state index contributed by atoms with van der Waals surface area (Å²) in [6.07, 6.45) is 5.95. The van der Waals surface area contributed by atoms with Crippen molar-refractivity contribution in [1.82, 2.24) is 5.32 Å². The molecule has 1 N–H and O–H groups in total. The molecule has 0 bridgehead atoms. The zero-order valence-electron chi connectivity index (χ0n) is 10.2. The molecule has 0 amide bonds. The summed E-state index contributed by atoms with van der Waals surface area (Å²) in [7, 11) is 0. The van der Waals surface area contributed by atoms with Crippen LogP contribution in [0.2, 0.25) is 0 Å². The third kappa shape index (κ3) is 3.03. The highest BCUT2D eigenvalue weighted by Gasteiger charge is 2.26. The molecule has 0 aromatic heterocycles. The van der Waals surface area contributed by atoms with Crippen LogP contribution in [0, 0.1) is 11.6 Å². The number of hydrogen-bond donors (Lipinski definition) is 1. The molecule has 0 aliphatic heterocycles. The monoisotopic (exact) mass is 239 g/mol. The molecular formula is C14H19F2N. The summed E-state index contributed by atoms with van der Waals surface area (Å²) in [6, 6.07) is 4.34. The highest BCUT2D eigenvalue weighted by atomic mass is 19.2. The normalized spacial score (nSPS) is 19.2. The summed E-state index contributed by atoms with van der Waals surface area (Å²) in [5, 5.41) is 3.38. The van der Waals surface area contributed by atoms with Gasteiger partial charge in [0.15, 0.2) is 11.6 Å². The van der Waals surface area contributed by atoms with Crippen LogP contribution >= 0.6 is 0 Å². The van der Waals surface area contributed by atoms with E-state index in [-0.39, 0.29) is 5.54 Å². The lowest BCUT2D eigenvalue weighted by Crippen LogP contribution is -2.43. The van der Waals surface area contributed by atoms with E-state index in [1.807, 2.05) is 0 Å². The number of nitrogens with one attached hydrogen (secondary N) is 1. The van der Waals surface area contributed by atoms with Crippen molar-refractivity contribution in [1.29, 1.82) is 0 Å². The molecule has 1 aliphatic rings. The van der Waals surface area contributed by atoms with Gasteiger partial charge in [0.1, 0.15) is 0 Å². The first-order valence-corrected chi connectivity index (χ1v) is 6.29. The van der Waals surface area contributed by atoms with E-state index in [1.165, 1.54) is 19.3 Å². The topological polar surface area (TPSA) is 12.0 Å². The summed E-state index contributed by atoms with van der Waals surface area (Å²) in [6.45, 7) is 2.57. The van der Waals surface area contributed by atoms with Gasteiger partial charge in [0.05, 0.1) is 0 Å². The molecule has 1 nitrogen and oxygen atoms in total. The molecular weight excluding hydrogens is 220 g/mol. The van der Waals surface area contributed by atoms with Gasteiger partial charge in [-0.2, -0.15) is 0 Å². The van der Waals surface area contributed by atoms with Gasteiger partial charge in [-0.3, -0.25) is 0 Å². The molecule has 0 heterocycles. The van der Waals surface area contributed by atoms with Gasteiger partial charge in [0, 0.05) is 17.6 Å². The zero-order valence-corrected chi connectivity index (χ0v) is 10.2. The van der Waals surface area contributed by atoms with Gasteiger partial charge in [0.25, 0.3) is 0 Å². The SMILES string of the molecule is CC1(NCc2cccc(F)c2F)CCCCC1. The quantitative estimate of drug-likeness (QED) is 0.846. The van der Waals surface area contributed by atoms with E-state index < -0.39 is 11.6 Å². The van der Waals surface area contributed by atoms with Gasteiger partial charge in [-0.25, -0.2) is 8.78 Å². The zero-order chi connectivity index (χ0) is 12.3. The third-order valence-corrected chi connectivity index (χ3v) is 3.69. The van der Waals surface area contributed by atoms with Crippen LogP contribution in [0.15, 0.2) is 18.2 Å². The Morgan fingerprint density at radius 2 is 1.88 bits per heavy atom. The molecule has 2 rings (SSSR count). The van der Waals surface area contributed by atoms with E-state index in [4.69, 9.17) is 0 Å². The predicted molar refractivity (Wildman–Crippen MR) is 64.7 cm³/mol. The third-order valence-electron chi connectivity index (χ3n) is 3.69. The predicted octanol–water partition coefficient (Wildman–Crippen LogP) is 3.78. The number of benzene rings is 1. The summed E-state index contributed by atoms with van der Waals surface area (Å²) >= 11 is 0. The molecule has 0 radical (unpaired) electrons. The van der Waals surface area contributed by atoms with Crippen molar-refractivity contribution in [3.63, 3.8) is 0 Å². The molecule has 0 saturated heterocycles. The number of hydrogen-bond acceptors (Lipinski definition) is 1. The maximum absolute atomic E-state index is 13.5. The van der Waals surface area contributed by atoms with Gasteiger partial charge < -0.3 is 5.32 Å². The maximum atomic E-state index is 13.5.